The summed E-state index contributed by atoms with van der Waals surface area (Å²) in [5.74, 6) is 0.0292. The number of likely N-dealkylation sites (tertiary alicyclic amines) is 1. The Morgan fingerprint density at radius 2 is 2.19 bits per heavy atom. The van der Waals surface area contributed by atoms with E-state index in [-0.39, 0.29) is 12.0 Å². The number of H-pyrrole nitrogens is 1. The van der Waals surface area contributed by atoms with Gasteiger partial charge < -0.3 is 15.0 Å². The summed E-state index contributed by atoms with van der Waals surface area (Å²) in [5, 5.41) is 10.6. The zero-order valence-electron chi connectivity index (χ0n) is 15.0. The maximum absolute atomic E-state index is 12.8. The maximum Gasteiger partial charge on any atom is 0.274 e. The maximum atomic E-state index is 12.8. The number of carbonyl (C=O) groups excluding carboxylic acids is 1. The molecule has 1 amide bonds. The summed E-state index contributed by atoms with van der Waals surface area (Å²) in [6, 6.07) is 10.5. The molecule has 1 aromatic heterocycles. The minimum absolute atomic E-state index is 0.0292. The second-order valence-corrected chi connectivity index (χ2v) is 7.08. The normalized spacial score (nSPS) is 19.5. The Morgan fingerprint density at radius 3 is 3.08 bits per heavy atom. The minimum atomic E-state index is 0.0292. The van der Waals surface area contributed by atoms with Crippen LogP contribution in [0.15, 0.2) is 30.3 Å². The molecule has 1 unspecified atom stereocenters. The molecule has 6 nitrogen and oxygen atoms in total. The van der Waals surface area contributed by atoms with Crippen molar-refractivity contribution >= 4 is 5.91 Å². The molecule has 0 aliphatic carbocycles. The highest BCUT2D eigenvalue weighted by Gasteiger charge is 2.31. The first-order valence-corrected chi connectivity index (χ1v) is 9.53. The average Bonchev–Trinajstić information content (AvgIpc) is 3.33. The van der Waals surface area contributed by atoms with Gasteiger partial charge in [-0.3, -0.25) is 9.89 Å². The summed E-state index contributed by atoms with van der Waals surface area (Å²) in [6.45, 7) is 3.81. The topological polar surface area (TPSA) is 70.2 Å². The molecule has 1 aromatic carbocycles. The fourth-order valence-corrected chi connectivity index (χ4v) is 3.77. The van der Waals surface area contributed by atoms with Crippen molar-refractivity contribution in [1.82, 2.24) is 20.4 Å². The van der Waals surface area contributed by atoms with Gasteiger partial charge in [0.05, 0.1) is 6.10 Å². The molecule has 26 heavy (non-hydrogen) atoms. The van der Waals surface area contributed by atoms with Crippen molar-refractivity contribution in [3.8, 4) is 0 Å². The first-order chi connectivity index (χ1) is 12.8. The Kier molecular flexibility index (Phi) is 5.32. The van der Waals surface area contributed by atoms with Crippen LogP contribution in [0.4, 0.5) is 0 Å². The van der Waals surface area contributed by atoms with Crippen molar-refractivity contribution in [3.63, 3.8) is 0 Å². The Hall–Kier alpha value is -2.18. The molecule has 0 spiro atoms. The van der Waals surface area contributed by atoms with Crippen molar-refractivity contribution < 1.29 is 9.53 Å². The van der Waals surface area contributed by atoms with Crippen LogP contribution in [0.2, 0.25) is 0 Å². The molecule has 2 N–H and O–H groups in total. The number of ether oxygens (including phenoxy) is 1. The lowest BCUT2D eigenvalue weighted by Gasteiger charge is -2.18. The first-order valence-electron chi connectivity index (χ1n) is 9.53. The molecular weight excluding hydrogens is 328 g/mol. The average molecular weight is 354 g/mol. The van der Waals surface area contributed by atoms with E-state index in [0.29, 0.717) is 12.2 Å². The van der Waals surface area contributed by atoms with Crippen molar-refractivity contribution in [1.29, 1.82) is 0 Å². The van der Waals surface area contributed by atoms with Crippen LogP contribution < -0.4 is 5.32 Å². The zero-order chi connectivity index (χ0) is 17.8. The quantitative estimate of drug-likeness (QED) is 0.778. The lowest BCUT2D eigenvalue weighted by atomic mass is 10.1. The number of aromatic amines is 1. The SMILES string of the molecule is O=C(c1n[nH]c2c1CNCC2)N1CCC(OCCCc2ccccc2)C1. The fourth-order valence-electron chi connectivity index (χ4n) is 3.77. The number of hydrogen-bond donors (Lipinski definition) is 2. The van der Waals surface area contributed by atoms with Gasteiger partial charge in [-0.25, -0.2) is 0 Å². The molecule has 2 aromatic rings. The largest absolute Gasteiger partial charge is 0.376 e. The summed E-state index contributed by atoms with van der Waals surface area (Å²) in [6.07, 6.45) is 3.99. The standard InChI is InChI=1S/C20H26N4O2/c25-20(19-17-13-21-10-8-18(17)22-23-19)24-11-9-16(14-24)26-12-4-7-15-5-2-1-3-6-15/h1-3,5-6,16,21H,4,7-14H2,(H,22,23). The lowest BCUT2D eigenvalue weighted by Crippen LogP contribution is -2.32. The van der Waals surface area contributed by atoms with Crippen LogP contribution in [0.3, 0.4) is 0 Å². The fraction of sp³-hybridized carbons (Fsp3) is 0.500. The highest BCUT2D eigenvalue weighted by molar-refractivity contribution is 5.94. The van der Waals surface area contributed by atoms with Crippen LogP contribution in [-0.4, -0.2) is 53.3 Å². The van der Waals surface area contributed by atoms with Crippen molar-refractivity contribution in [2.75, 3.05) is 26.2 Å². The molecule has 1 saturated heterocycles. The number of nitrogens with zero attached hydrogens (tertiary/aromatic N) is 2. The molecule has 1 atom stereocenters. The van der Waals surface area contributed by atoms with Gasteiger partial charge in [0.15, 0.2) is 5.69 Å². The molecule has 4 rings (SSSR count). The van der Waals surface area contributed by atoms with Gasteiger partial charge in [-0.05, 0) is 24.8 Å². The van der Waals surface area contributed by atoms with Crippen molar-refractivity contribution in [2.24, 2.45) is 0 Å². The third-order valence-corrected chi connectivity index (χ3v) is 5.25. The first kappa shape index (κ1) is 17.2. The van der Waals surface area contributed by atoms with Crippen LogP contribution in [0.1, 0.15) is 40.2 Å². The van der Waals surface area contributed by atoms with E-state index in [9.17, 15) is 4.79 Å². The van der Waals surface area contributed by atoms with E-state index in [4.69, 9.17) is 4.74 Å². The van der Waals surface area contributed by atoms with Crippen molar-refractivity contribution in [2.45, 2.75) is 38.3 Å². The predicted octanol–water partition coefficient (Wildman–Crippen LogP) is 1.92. The summed E-state index contributed by atoms with van der Waals surface area (Å²) in [4.78, 5) is 14.7. The van der Waals surface area contributed by atoms with Gasteiger partial charge in [-0.1, -0.05) is 30.3 Å². The summed E-state index contributed by atoms with van der Waals surface area (Å²) >= 11 is 0. The Labute approximate surface area is 153 Å². The zero-order valence-corrected chi connectivity index (χ0v) is 15.0. The Morgan fingerprint density at radius 1 is 1.31 bits per heavy atom. The molecule has 2 aliphatic rings. The van der Waals surface area contributed by atoms with Gasteiger partial charge >= 0.3 is 0 Å². The molecule has 138 valence electrons. The van der Waals surface area contributed by atoms with Crippen LogP contribution in [0.25, 0.3) is 0 Å². The van der Waals surface area contributed by atoms with Crippen molar-refractivity contribution in [3.05, 3.63) is 52.8 Å². The molecule has 0 bridgehead atoms. The number of nitrogens with one attached hydrogen (secondary N) is 2. The highest BCUT2D eigenvalue weighted by atomic mass is 16.5. The molecule has 6 heteroatoms. The third-order valence-electron chi connectivity index (χ3n) is 5.25. The lowest BCUT2D eigenvalue weighted by molar-refractivity contribution is 0.0522. The van der Waals surface area contributed by atoms with Gasteiger partial charge in [0.25, 0.3) is 5.91 Å². The smallest absolute Gasteiger partial charge is 0.274 e. The Bertz CT molecular complexity index is 744. The van der Waals surface area contributed by atoms with Gasteiger partial charge in [0.1, 0.15) is 0 Å². The number of fused-ring (bicyclic) bond motifs is 1. The molecular formula is C20H26N4O2. The number of aryl methyl sites for hydroxylation is 1. The van der Waals surface area contributed by atoms with Crippen LogP contribution in [-0.2, 0) is 24.1 Å². The minimum Gasteiger partial charge on any atom is -0.376 e. The number of aromatic nitrogens is 2. The number of benzene rings is 1. The van der Waals surface area contributed by atoms with E-state index in [1.807, 2.05) is 11.0 Å². The van der Waals surface area contributed by atoms with E-state index in [1.165, 1.54) is 5.56 Å². The van der Waals surface area contributed by atoms with Gasteiger partial charge in [-0.15, -0.1) is 0 Å². The van der Waals surface area contributed by atoms with E-state index < -0.39 is 0 Å². The number of carbonyl (C=O) groups is 1. The van der Waals surface area contributed by atoms with Crippen LogP contribution >= 0.6 is 0 Å². The van der Waals surface area contributed by atoms with E-state index in [2.05, 4.69) is 39.8 Å². The van der Waals surface area contributed by atoms with E-state index >= 15 is 0 Å². The molecule has 0 saturated carbocycles. The predicted molar refractivity (Wildman–Crippen MR) is 99.0 cm³/mol. The summed E-state index contributed by atoms with van der Waals surface area (Å²) in [5.41, 5.74) is 4.06. The third kappa shape index (κ3) is 3.81. The van der Waals surface area contributed by atoms with Crippen LogP contribution in [0.5, 0.6) is 0 Å². The van der Waals surface area contributed by atoms with E-state index in [1.54, 1.807) is 0 Å². The van der Waals surface area contributed by atoms with Gasteiger partial charge in [-0.2, -0.15) is 5.10 Å². The van der Waals surface area contributed by atoms with E-state index in [0.717, 1.165) is 63.2 Å². The van der Waals surface area contributed by atoms with Gasteiger partial charge in [0, 0.05) is 50.5 Å². The number of amides is 1. The molecule has 0 radical (unpaired) electrons. The van der Waals surface area contributed by atoms with Gasteiger partial charge in [0.2, 0.25) is 0 Å². The summed E-state index contributed by atoms with van der Waals surface area (Å²) in [7, 11) is 0. The second-order valence-electron chi connectivity index (χ2n) is 7.08. The molecule has 3 heterocycles. The molecule has 1 fully saturated rings. The van der Waals surface area contributed by atoms with Crippen LogP contribution in [0, 0.1) is 0 Å². The molecule has 2 aliphatic heterocycles. The monoisotopic (exact) mass is 354 g/mol. The Balaban J connectivity index is 1.24. The highest BCUT2D eigenvalue weighted by Crippen LogP contribution is 2.20. The second kappa shape index (κ2) is 8.01. The summed E-state index contributed by atoms with van der Waals surface area (Å²) < 4.78 is 6.00. The number of rotatable bonds is 6. The number of hydrogen-bond acceptors (Lipinski definition) is 4.